The molecule has 0 aliphatic heterocycles. The number of aromatic amines is 1. The van der Waals surface area contributed by atoms with Crippen LogP contribution in [0.3, 0.4) is 0 Å². The number of carbonyl (C=O) groups excluding carboxylic acids is 2. The van der Waals surface area contributed by atoms with Crippen LogP contribution in [0.4, 0.5) is 0 Å². The first kappa shape index (κ1) is 20.3. The van der Waals surface area contributed by atoms with Gasteiger partial charge in [-0.25, -0.2) is 0 Å². The van der Waals surface area contributed by atoms with Crippen LogP contribution in [0.5, 0.6) is 0 Å². The third kappa shape index (κ3) is 2.89. The van der Waals surface area contributed by atoms with E-state index in [2.05, 4.69) is 4.98 Å². The average molecular weight is 443 g/mol. The Balaban J connectivity index is 1.81. The van der Waals surface area contributed by atoms with Gasteiger partial charge in [0.15, 0.2) is 5.78 Å². The molecule has 0 saturated carbocycles. The molecule has 0 unspecified atom stereocenters. The zero-order valence-electron chi connectivity index (χ0n) is 18.5. The summed E-state index contributed by atoms with van der Waals surface area (Å²) in [6, 6.07) is 27.7. The van der Waals surface area contributed by atoms with Gasteiger partial charge in [-0.1, -0.05) is 84.9 Å². The average Bonchev–Trinajstić information content (AvgIpc) is 3.31. The van der Waals surface area contributed by atoms with Gasteiger partial charge in [-0.3, -0.25) is 9.59 Å². The number of fused-ring (bicyclic) bond motifs is 3. The molecular formula is C30H22N2O2. The minimum Gasteiger partial charge on any atom is -0.358 e. The van der Waals surface area contributed by atoms with E-state index in [0.29, 0.717) is 35.3 Å². The molecule has 0 atom stereocenters. The number of benzene rings is 4. The Labute approximate surface area is 197 Å². The summed E-state index contributed by atoms with van der Waals surface area (Å²) >= 11 is 0. The molecule has 6 rings (SSSR count). The molecule has 0 radical (unpaired) electrons. The van der Waals surface area contributed by atoms with Crippen molar-refractivity contribution < 1.29 is 9.59 Å². The number of rotatable bonds is 4. The summed E-state index contributed by atoms with van der Waals surface area (Å²) in [4.78, 5) is 31.4. The lowest BCUT2D eigenvalue weighted by atomic mass is 9.75. The molecule has 1 aromatic heterocycles. The van der Waals surface area contributed by atoms with Crippen molar-refractivity contribution in [3.8, 4) is 22.3 Å². The molecule has 34 heavy (non-hydrogen) atoms. The van der Waals surface area contributed by atoms with E-state index < -0.39 is 0 Å². The van der Waals surface area contributed by atoms with Crippen molar-refractivity contribution in [1.82, 2.24) is 4.98 Å². The Morgan fingerprint density at radius 2 is 1.09 bits per heavy atom. The Morgan fingerprint density at radius 1 is 0.588 bits per heavy atom. The van der Waals surface area contributed by atoms with Crippen LogP contribution in [-0.2, 0) is 6.42 Å². The van der Waals surface area contributed by atoms with Gasteiger partial charge in [0.25, 0.3) is 0 Å². The highest BCUT2D eigenvalue weighted by molar-refractivity contribution is 6.35. The van der Waals surface area contributed by atoms with Crippen molar-refractivity contribution in [3.05, 3.63) is 119 Å². The van der Waals surface area contributed by atoms with E-state index in [0.717, 1.165) is 38.6 Å². The molecule has 1 heterocycles. The number of nitrogens with one attached hydrogen (secondary N) is 1. The first-order valence-electron chi connectivity index (χ1n) is 11.4. The molecule has 0 bridgehead atoms. The second-order valence-electron chi connectivity index (χ2n) is 8.54. The molecular weight excluding hydrogens is 420 g/mol. The smallest absolute Gasteiger partial charge is 0.211 e. The number of carbonyl (C=O) groups is 2. The SMILES string of the molecule is NCCc1c[nH]c2c1C(=O)c1c(c(-c3ccccc3)c3ccccc3c1-c1ccccc1)C2=O. The third-order valence-electron chi connectivity index (χ3n) is 6.62. The number of ketones is 2. The zero-order valence-corrected chi connectivity index (χ0v) is 18.5. The fourth-order valence-corrected chi connectivity index (χ4v) is 5.21. The van der Waals surface area contributed by atoms with Crippen LogP contribution >= 0.6 is 0 Å². The molecule has 4 heteroatoms. The van der Waals surface area contributed by atoms with E-state index >= 15 is 0 Å². The van der Waals surface area contributed by atoms with Crippen LogP contribution in [0.1, 0.15) is 37.5 Å². The van der Waals surface area contributed by atoms with Crippen LogP contribution in [-0.4, -0.2) is 23.1 Å². The Bertz CT molecular complexity index is 1580. The van der Waals surface area contributed by atoms with E-state index in [1.165, 1.54) is 0 Å². The molecule has 0 amide bonds. The Kier molecular flexibility index (Phi) is 4.75. The maximum Gasteiger partial charge on any atom is 0.211 e. The molecule has 4 aromatic carbocycles. The number of H-pyrrole nitrogens is 1. The lowest BCUT2D eigenvalue weighted by molar-refractivity contribution is 0.0977. The summed E-state index contributed by atoms with van der Waals surface area (Å²) in [7, 11) is 0. The standard InChI is InChI=1S/C30H22N2O2/c31-16-15-20-17-32-28-25(20)29(33)26-23(18-9-3-1-4-10-18)21-13-7-8-14-22(21)24(27(26)30(28)34)19-11-5-2-6-12-19/h1-14,17,32H,15-16,31H2. The number of nitrogens with two attached hydrogens (primary N) is 1. The second-order valence-corrected chi connectivity index (χ2v) is 8.54. The van der Waals surface area contributed by atoms with Crippen LogP contribution in [0.25, 0.3) is 33.0 Å². The van der Waals surface area contributed by atoms with E-state index in [9.17, 15) is 9.59 Å². The largest absolute Gasteiger partial charge is 0.358 e. The topological polar surface area (TPSA) is 76.0 Å². The molecule has 1 aliphatic carbocycles. The van der Waals surface area contributed by atoms with Crippen molar-refractivity contribution in [1.29, 1.82) is 0 Å². The molecule has 5 aromatic rings. The minimum atomic E-state index is -0.158. The van der Waals surface area contributed by atoms with Crippen molar-refractivity contribution in [2.75, 3.05) is 6.54 Å². The van der Waals surface area contributed by atoms with Gasteiger partial charge in [0, 0.05) is 28.5 Å². The molecule has 3 N–H and O–H groups in total. The van der Waals surface area contributed by atoms with Gasteiger partial charge < -0.3 is 10.7 Å². The number of hydrogen-bond donors (Lipinski definition) is 2. The molecule has 0 saturated heterocycles. The Morgan fingerprint density at radius 3 is 1.62 bits per heavy atom. The van der Waals surface area contributed by atoms with Gasteiger partial charge in [0.2, 0.25) is 5.78 Å². The van der Waals surface area contributed by atoms with E-state index in [1.54, 1.807) is 6.20 Å². The quantitative estimate of drug-likeness (QED) is 0.363. The van der Waals surface area contributed by atoms with Crippen LogP contribution in [0.15, 0.2) is 91.1 Å². The second kappa shape index (κ2) is 7.94. The maximum absolute atomic E-state index is 14.2. The van der Waals surface area contributed by atoms with E-state index in [-0.39, 0.29) is 11.6 Å². The highest BCUT2D eigenvalue weighted by Crippen LogP contribution is 2.46. The van der Waals surface area contributed by atoms with Gasteiger partial charge in [0.1, 0.15) is 0 Å². The normalized spacial score (nSPS) is 12.6. The summed E-state index contributed by atoms with van der Waals surface area (Å²) < 4.78 is 0. The molecule has 0 fully saturated rings. The summed E-state index contributed by atoms with van der Waals surface area (Å²) in [5.41, 5.74) is 11.8. The third-order valence-corrected chi connectivity index (χ3v) is 6.62. The first-order chi connectivity index (χ1) is 16.7. The summed E-state index contributed by atoms with van der Waals surface area (Å²) in [5.74, 6) is -0.286. The fraction of sp³-hybridized carbons (Fsp3) is 0.0667. The van der Waals surface area contributed by atoms with Crippen LogP contribution < -0.4 is 5.73 Å². The van der Waals surface area contributed by atoms with Crippen LogP contribution in [0, 0.1) is 0 Å². The lowest BCUT2D eigenvalue weighted by Gasteiger charge is -2.25. The van der Waals surface area contributed by atoms with Crippen LogP contribution in [0.2, 0.25) is 0 Å². The number of hydrogen-bond acceptors (Lipinski definition) is 3. The minimum absolute atomic E-state index is 0.129. The van der Waals surface area contributed by atoms with Crippen molar-refractivity contribution in [2.45, 2.75) is 6.42 Å². The molecule has 164 valence electrons. The highest BCUT2D eigenvalue weighted by Gasteiger charge is 2.38. The van der Waals surface area contributed by atoms with E-state index in [4.69, 9.17) is 5.73 Å². The van der Waals surface area contributed by atoms with Crippen molar-refractivity contribution >= 4 is 22.3 Å². The van der Waals surface area contributed by atoms with E-state index in [1.807, 2.05) is 84.9 Å². The molecule has 1 aliphatic rings. The summed E-state index contributed by atoms with van der Waals surface area (Å²) in [6.07, 6.45) is 2.28. The monoisotopic (exact) mass is 442 g/mol. The first-order valence-corrected chi connectivity index (χ1v) is 11.4. The van der Waals surface area contributed by atoms with Gasteiger partial charge in [0.05, 0.1) is 11.3 Å². The maximum atomic E-state index is 14.2. The highest BCUT2D eigenvalue weighted by atomic mass is 16.1. The zero-order chi connectivity index (χ0) is 23.2. The van der Waals surface area contributed by atoms with Gasteiger partial charge in [-0.05, 0) is 40.4 Å². The predicted octanol–water partition coefficient (Wildman–Crippen LogP) is 5.78. The van der Waals surface area contributed by atoms with Gasteiger partial charge >= 0.3 is 0 Å². The van der Waals surface area contributed by atoms with Gasteiger partial charge in [-0.2, -0.15) is 0 Å². The molecule has 4 nitrogen and oxygen atoms in total. The van der Waals surface area contributed by atoms with Gasteiger partial charge in [-0.15, -0.1) is 0 Å². The fourth-order valence-electron chi connectivity index (χ4n) is 5.21. The summed E-state index contributed by atoms with van der Waals surface area (Å²) in [5, 5.41) is 1.90. The summed E-state index contributed by atoms with van der Waals surface area (Å²) in [6.45, 7) is 0.400. The van der Waals surface area contributed by atoms with Crippen molar-refractivity contribution in [3.63, 3.8) is 0 Å². The van der Waals surface area contributed by atoms with Crippen molar-refractivity contribution in [2.24, 2.45) is 5.73 Å². The number of aromatic nitrogens is 1. The lowest BCUT2D eigenvalue weighted by Crippen LogP contribution is -2.24. The molecule has 0 spiro atoms. The predicted molar refractivity (Wildman–Crippen MR) is 135 cm³/mol. The Hall–Kier alpha value is -4.28.